The Morgan fingerprint density at radius 2 is 2.04 bits per heavy atom. The number of benzene rings is 1. The number of hydrogen-bond donors (Lipinski definition) is 2. The van der Waals surface area contributed by atoms with Crippen LogP contribution in [-0.2, 0) is 0 Å². The van der Waals surface area contributed by atoms with Crippen LogP contribution in [0.1, 0.15) is 20.9 Å². The molecule has 0 fully saturated rings. The SMILES string of the molecule is Cc1nc2sc(C(=O)Nc3ccccc3)c(N)c2c(-c2ccco2)c1C#N. The number of carbonyl (C=O) groups excluding carboxylic acids is 1. The summed E-state index contributed by atoms with van der Waals surface area (Å²) in [6.07, 6.45) is 1.53. The maximum atomic E-state index is 12.7. The number of rotatable bonds is 3. The van der Waals surface area contributed by atoms with Crippen LogP contribution in [0.2, 0.25) is 0 Å². The maximum Gasteiger partial charge on any atom is 0.267 e. The minimum absolute atomic E-state index is 0.291. The highest BCUT2D eigenvalue weighted by atomic mass is 32.1. The Bertz CT molecular complexity index is 1190. The van der Waals surface area contributed by atoms with Gasteiger partial charge in [0.2, 0.25) is 0 Å². The molecule has 0 atom stereocenters. The van der Waals surface area contributed by atoms with Crippen molar-refractivity contribution in [2.45, 2.75) is 6.92 Å². The Balaban J connectivity index is 1.91. The lowest BCUT2D eigenvalue weighted by molar-refractivity contribution is 0.103. The first kappa shape index (κ1) is 16.8. The van der Waals surface area contributed by atoms with Crippen molar-refractivity contribution in [1.82, 2.24) is 4.98 Å². The van der Waals surface area contributed by atoms with Gasteiger partial charge in [0.15, 0.2) is 0 Å². The largest absolute Gasteiger partial charge is 0.464 e. The number of pyridine rings is 1. The van der Waals surface area contributed by atoms with Crippen LogP contribution in [-0.4, -0.2) is 10.9 Å². The number of aryl methyl sites for hydroxylation is 1. The van der Waals surface area contributed by atoms with E-state index in [0.717, 1.165) is 0 Å². The Hall–Kier alpha value is -3.63. The average Bonchev–Trinajstić information content (AvgIpc) is 3.30. The van der Waals surface area contributed by atoms with Crippen molar-refractivity contribution >= 4 is 38.8 Å². The van der Waals surface area contributed by atoms with Gasteiger partial charge in [-0.25, -0.2) is 4.98 Å². The fraction of sp³-hybridized carbons (Fsp3) is 0.0500. The number of nitrogens with zero attached hydrogens (tertiary/aromatic N) is 2. The smallest absolute Gasteiger partial charge is 0.267 e. The van der Waals surface area contributed by atoms with Gasteiger partial charge in [0.05, 0.1) is 23.2 Å². The molecule has 3 aromatic heterocycles. The van der Waals surface area contributed by atoms with Gasteiger partial charge in [0.25, 0.3) is 5.91 Å². The molecule has 0 aliphatic rings. The number of fused-ring (bicyclic) bond motifs is 1. The second-order valence-corrected chi connectivity index (χ2v) is 6.88. The number of nitriles is 1. The first-order valence-corrected chi connectivity index (χ1v) is 8.94. The van der Waals surface area contributed by atoms with E-state index < -0.39 is 0 Å². The average molecular weight is 374 g/mol. The molecule has 3 N–H and O–H groups in total. The zero-order valence-corrected chi connectivity index (χ0v) is 15.1. The molecule has 0 unspecified atom stereocenters. The molecule has 6 nitrogen and oxygen atoms in total. The summed E-state index contributed by atoms with van der Waals surface area (Å²) in [5.41, 5.74) is 8.81. The second kappa shape index (κ2) is 6.59. The minimum Gasteiger partial charge on any atom is -0.464 e. The van der Waals surface area contributed by atoms with Gasteiger partial charge >= 0.3 is 0 Å². The quantitative estimate of drug-likeness (QED) is 0.546. The number of nitrogens with two attached hydrogens (primary N) is 1. The van der Waals surface area contributed by atoms with Crippen LogP contribution in [0.5, 0.6) is 0 Å². The summed E-state index contributed by atoms with van der Waals surface area (Å²) < 4.78 is 5.52. The summed E-state index contributed by atoms with van der Waals surface area (Å²) in [6.45, 7) is 1.75. The zero-order valence-electron chi connectivity index (χ0n) is 14.3. The first-order chi connectivity index (χ1) is 13.1. The van der Waals surface area contributed by atoms with Crippen molar-refractivity contribution in [3.63, 3.8) is 0 Å². The summed E-state index contributed by atoms with van der Waals surface area (Å²) in [4.78, 5) is 18.2. The molecule has 0 aliphatic carbocycles. The number of hydrogen-bond acceptors (Lipinski definition) is 6. The van der Waals surface area contributed by atoms with Crippen LogP contribution >= 0.6 is 11.3 Å². The topological polar surface area (TPSA) is 105 Å². The molecule has 1 aromatic carbocycles. The Kier molecular flexibility index (Phi) is 4.11. The van der Waals surface area contributed by atoms with Gasteiger partial charge in [0, 0.05) is 16.6 Å². The number of amides is 1. The predicted molar refractivity (Wildman–Crippen MR) is 106 cm³/mol. The molecule has 3 heterocycles. The molecular formula is C20H14N4O2S. The number of thiophene rings is 1. The lowest BCUT2D eigenvalue weighted by Gasteiger charge is -2.07. The van der Waals surface area contributed by atoms with E-state index in [9.17, 15) is 10.1 Å². The number of nitrogen functional groups attached to an aromatic ring is 1. The van der Waals surface area contributed by atoms with Crippen LogP contribution in [0.4, 0.5) is 11.4 Å². The van der Waals surface area contributed by atoms with E-state index in [1.165, 1.54) is 17.6 Å². The summed E-state index contributed by atoms with van der Waals surface area (Å²) >= 11 is 1.20. The lowest BCUT2D eigenvalue weighted by atomic mass is 10.0. The normalized spacial score (nSPS) is 10.7. The number of furan rings is 1. The number of anilines is 2. The van der Waals surface area contributed by atoms with E-state index in [-0.39, 0.29) is 5.91 Å². The first-order valence-electron chi connectivity index (χ1n) is 8.13. The van der Waals surface area contributed by atoms with Gasteiger partial charge in [-0.15, -0.1) is 11.3 Å². The van der Waals surface area contributed by atoms with Crippen LogP contribution in [0.15, 0.2) is 53.1 Å². The third-order valence-electron chi connectivity index (χ3n) is 4.17. The van der Waals surface area contributed by atoms with Crippen LogP contribution < -0.4 is 11.1 Å². The number of para-hydroxylation sites is 1. The summed E-state index contributed by atoms with van der Waals surface area (Å²) in [5, 5.41) is 13.0. The highest BCUT2D eigenvalue weighted by Gasteiger charge is 2.25. The Morgan fingerprint density at radius 3 is 2.70 bits per heavy atom. The number of nitrogens with one attached hydrogen (secondary N) is 1. The Labute approximate surface area is 158 Å². The van der Waals surface area contributed by atoms with E-state index in [4.69, 9.17) is 10.2 Å². The summed E-state index contributed by atoms with van der Waals surface area (Å²) in [5.74, 6) is 0.199. The molecule has 0 radical (unpaired) electrons. The van der Waals surface area contributed by atoms with Gasteiger partial charge < -0.3 is 15.5 Å². The Morgan fingerprint density at radius 1 is 1.26 bits per heavy atom. The third kappa shape index (κ3) is 2.82. The summed E-state index contributed by atoms with van der Waals surface area (Å²) in [6, 6.07) is 14.8. The van der Waals surface area contributed by atoms with E-state index in [1.54, 1.807) is 31.2 Å². The highest BCUT2D eigenvalue weighted by Crippen LogP contribution is 2.42. The van der Waals surface area contributed by atoms with Crippen LogP contribution in [0.25, 0.3) is 21.5 Å². The molecule has 0 bridgehead atoms. The molecule has 0 aliphatic heterocycles. The fourth-order valence-corrected chi connectivity index (χ4v) is 3.99. The van der Waals surface area contributed by atoms with Crippen molar-refractivity contribution in [1.29, 1.82) is 5.26 Å². The molecule has 0 saturated heterocycles. The maximum absolute atomic E-state index is 12.7. The van der Waals surface area contributed by atoms with Gasteiger partial charge in [-0.3, -0.25) is 4.79 Å². The van der Waals surface area contributed by atoms with Gasteiger partial charge in [0.1, 0.15) is 21.5 Å². The van der Waals surface area contributed by atoms with Crippen LogP contribution in [0.3, 0.4) is 0 Å². The number of carbonyl (C=O) groups is 1. The molecular weight excluding hydrogens is 360 g/mol. The summed E-state index contributed by atoms with van der Waals surface area (Å²) in [7, 11) is 0. The van der Waals surface area contributed by atoms with E-state index >= 15 is 0 Å². The van der Waals surface area contributed by atoms with Crippen molar-refractivity contribution in [3.05, 3.63) is 64.9 Å². The van der Waals surface area contributed by atoms with Gasteiger partial charge in [-0.2, -0.15) is 5.26 Å². The molecule has 1 amide bonds. The molecule has 7 heteroatoms. The standard InChI is InChI=1S/C20H14N4O2S/c1-11-13(10-21)15(14-8-5-9-26-14)16-17(22)18(27-20(16)23-11)19(25)24-12-6-3-2-4-7-12/h2-9H,22H2,1H3,(H,24,25). The van der Waals surface area contributed by atoms with E-state index in [0.29, 0.717) is 49.0 Å². The van der Waals surface area contributed by atoms with E-state index in [1.807, 2.05) is 18.2 Å². The van der Waals surface area contributed by atoms with E-state index in [2.05, 4.69) is 16.4 Å². The molecule has 27 heavy (non-hydrogen) atoms. The van der Waals surface area contributed by atoms with Crippen molar-refractivity contribution in [2.24, 2.45) is 0 Å². The third-order valence-corrected chi connectivity index (χ3v) is 5.27. The van der Waals surface area contributed by atoms with Crippen molar-refractivity contribution in [2.75, 3.05) is 11.1 Å². The monoisotopic (exact) mass is 374 g/mol. The number of aromatic nitrogens is 1. The van der Waals surface area contributed by atoms with Crippen molar-refractivity contribution < 1.29 is 9.21 Å². The second-order valence-electron chi connectivity index (χ2n) is 5.88. The predicted octanol–water partition coefficient (Wildman–Crippen LogP) is 4.57. The highest BCUT2D eigenvalue weighted by molar-refractivity contribution is 7.21. The zero-order chi connectivity index (χ0) is 19.0. The minimum atomic E-state index is -0.316. The molecule has 0 saturated carbocycles. The molecule has 132 valence electrons. The van der Waals surface area contributed by atoms with Gasteiger partial charge in [-0.05, 0) is 31.2 Å². The van der Waals surface area contributed by atoms with Crippen LogP contribution in [0, 0.1) is 18.3 Å². The van der Waals surface area contributed by atoms with Gasteiger partial charge in [-0.1, -0.05) is 18.2 Å². The molecule has 4 rings (SSSR count). The molecule has 0 spiro atoms. The lowest BCUT2D eigenvalue weighted by Crippen LogP contribution is -2.11. The molecule has 4 aromatic rings. The fourth-order valence-electron chi connectivity index (χ4n) is 2.95. The van der Waals surface area contributed by atoms with Crippen molar-refractivity contribution in [3.8, 4) is 17.4 Å².